The van der Waals surface area contributed by atoms with Crippen LogP contribution in [0.1, 0.15) is 20.3 Å². The van der Waals surface area contributed by atoms with Crippen molar-refractivity contribution in [3.63, 3.8) is 0 Å². The second-order valence-electron chi connectivity index (χ2n) is 7.22. The first-order valence-electron chi connectivity index (χ1n) is 8.22. The molecule has 0 aromatic carbocycles. The summed E-state index contributed by atoms with van der Waals surface area (Å²) in [6, 6.07) is 0. The van der Waals surface area contributed by atoms with Crippen LogP contribution in [-0.2, 0) is 18.9 Å². The van der Waals surface area contributed by atoms with E-state index in [1.807, 2.05) is 0 Å². The van der Waals surface area contributed by atoms with Gasteiger partial charge in [-0.2, -0.15) is 0 Å². The molecule has 3 aliphatic rings. The molecule has 2 aliphatic carbocycles. The standard InChI is InChI=1S/C18H28O5/c1-9-7-13(19)18(3)14(10(9)2)12(20-4)8-11-15(18)17(22-6)23-16(11)21-5/h8-9,12-17,19H,2,7H2,1,3-6H3/t9-,12-,13+,14+,15+,16-,17+,18-/m0/s1. The number of ether oxygens (including phenoxy) is 4. The van der Waals surface area contributed by atoms with Crippen molar-refractivity contribution in [2.24, 2.45) is 23.2 Å². The third kappa shape index (κ3) is 2.25. The number of rotatable bonds is 3. The summed E-state index contributed by atoms with van der Waals surface area (Å²) in [6.07, 6.45) is 1.26. The van der Waals surface area contributed by atoms with E-state index < -0.39 is 24.1 Å². The molecule has 23 heavy (non-hydrogen) atoms. The minimum absolute atomic E-state index is 0.0249. The Morgan fingerprint density at radius 2 is 1.91 bits per heavy atom. The highest BCUT2D eigenvalue weighted by Gasteiger charge is 2.63. The van der Waals surface area contributed by atoms with Gasteiger partial charge in [-0.1, -0.05) is 32.1 Å². The lowest BCUT2D eigenvalue weighted by atomic mass is 9.50. The molecule has 1 saturated heterocycles. The normalized spacial score (nSPS) is 49.6. The first-order valence-corrected chi connectivity index (χ1v) is 8.22. The molecule has 8 atom stereocenters. The number of aliphatic hydroxyl groups excluding tert-OH is 1. The smallest absolute Gasteiger partial charge is 0.183 e. The molecule has 0 amide bonds. The molecule has 1 N–H and O–H groups in total. The van der Waals surface area contributed by atoms with Gasteiger partial charge < -0.3 is 24.1 Å². The van der Waals surface area contributed by atoms with Gasteiger partial charge in [0, 0.05) is 38.6 Å². The molecule has 130 valence electrons. The molecule has 0 bridgehead atoms. The molecule has 1 heterocycles. The van der Waals surface area contributed by atoms with Crippen LogP contribution >= 0.6 is 0 Å². The van der Waals surface area contributed by atoms with E-state index in [1.54, 1.807) is 21.3 Å². The highest BCUT2D eigenvalue weighted by atomic mass is 16.8. The molecule has 1 saturated carbocycles. The van der Waals surface area contributed by atoms with Gasteiger partial charge in [0.25, 0.3) is 0 Å². The maximum Gasteiger partial charge on any atom is 0.183 e. The Morgan fingerprint density at radius 3 is 2.48 bits per heavy atom. The first kappa shape index (κ1) is 17.1. The van der Waals surface area contributed by atoms with Gasteiger partial charge >= 0.3 is 0 Å². The number of aliphatic hydroxyl groups is 1. The van der Waals surface area contributed by atoms with Crippen LogP contribution in [0, 0.1) is 23.2 Å². The van der Waals surface area contributed by atoms with Crippen LogP contribution in [0.25, 0.3) is 0 Å². The van der Waals surface area contributed by atoms with Crippen molar-refractivity contribution in [1.29, 1.82) is 0 Å². The van der Waals surface area contributed by atoms with Gasteiger partial charge in [0.1, 0.15) is 0 Å². The SMILES string of the molecule is C=C1[C@@H]2[C@@H](OC)C=C3[C@@H](OC)O[C@@H](OC)[C@@H]3[C@@]2(C)[C@H](O)C[C@@H]1C. The summed E-state index contributed by atoms with van der Waals surface area (Å²) >= 11 is 0. The zero-order valence-electron chi connectivity index (χ0n) is 14.6. The number of methoxy groups -OCH3 is 3. The quantitative estimate of drug-likeness (QED) is 0.806. The molecule has 5 nitrogen and oxygen atoms in total. The van der Waals surface area contributed by atoms with E-state index in [2.05, 4.69) is 26.5 Å². The highest BCUT2D eigenvalue weighted by Crippen LogP contribution is 2.60. The van der Waals surface area contributed by atoms with Crippen molar-refractivity contribution in [2.45, 2.75) is 45.1 Å². The van der Waals surface area contributed by atoms with Crippen molar-refractivity contribution in [3.05, 3.63) is 23.8 Å². The summed E-state index contributed by atoms with van der Waals surface area (Å²) in [5, 5.41) is 11.0. The maximum absolute atomic E-state index is 11.0. The minimum atomic E-state index is -0.476. The largest absolute Gasteiger partial charge is 0.392 e. The molecule has 0 aromatic heterocycles. The zero-order chi connectivity index (χ0) is 16.9. The third-order valence-corrected chi connectivity index (χ3v) is 6.23. The van der Waals surface area contributed by atoms with Gasteiger partial charge in [-0.25, -0.2) is 0 Å². The van der Waals surface area contributed by atoms with E-state index >= 15 is 0 Å². The number of hydrogen-bond donors (Lipinski definition) is 1. The molecule has 0 aromatic rings. The predicted molar refractivity (Wildman–Crippen MR) is 85.6 cm³/mol. The van der Waals surface area contributed by atoms with Crippen LogP contribution in [0.4, 0.5) is 0 Å². The van der Waals surface area contributed by atoms with Gasteiger partial charge in [0.15, 0.2) is 12.6 Å². The van der Waals surface area contributed by atoms with Crippen LogP contribution in [0.15, 0.2) is 23.8 Å². The molecule has 2 fully saturated rings. The molecule has 0 unspecified atom stereocenters. The summed E-state index contributed by atoms with van der Waals surface area (Å²) in [7, 11) is 4.95. The van der Waals surface area contributed by atoms with Crippen LogP contribution in [-0.4, -0.2) is 51.2 Å². The van der Waals surface area contributed by atoms with Crippen molar-refractivity contribution < 1.29 is 24.1 Å². The van der Waals surface area contributed by atoms with Gasteiger partial charge in [0.05, 0.1) is 12.2 Å². The van der Waals surface area contributed by atoms with E-state index in [9.17, 15) is 5.11 Å². The Balaban J connectivity index is 2.14. The van der Waals surface area contributed by atoms with Crippen LogP contribution in [0.2, 0.25) is 0 Å². The average molecular weight is 324 g/mol. The molecular weight excluding hydrogens is 296 g/mol. The third-order valence-electron chi connectivity index (χ3n) is 6.23. The molecule has 3 rings (SSSR count). The number of hydrogen-bond acceptors (Lipinski definition) is 5. The molecule has 1 aliphatic heterocycles. The Morgan fingerprint density at radius 1 is 1.22 bits per heavy atom. The van der Waals surface area contributed by atoms with Crippen molar-refractivity contribution in [1.82, 2.24) is 0 Å². The van der Waals surface area contributed by atoms with Gasteiger partial charge in [0.2, 0.25) is 0 Å². The lowest BCUT2D eigenvalue weighted by Gasteiger charge is -2.56. The lowest BCUT2D eigenvalue weighted by Crippen LogP contribution is -2.58. The van der Waals surface area contributed by atoms with Crippen molar-refractivity contribution in [2.75, 3.05) is 21.3 Å². The molecule has 0 radical (unpaired) electrons. The fourth-order valence-corrected chi connectivity index (χ4v) is 4.91. The molecule has 0 spiro atoms. The van der Waals surface area contributed by atoms with Gasteiger partial charge in [-0.3, -0.25) is 0 Å². The van der Waals surface area contributed by atoms with Crippen LogP contribution in [0.3, 0.4) is 0 Å². The summed E-state index contributed by atoms with van der Waals surface area (Å²) in [4.78, 5) is 0. The summed E-state index contributed by atoms with van der Waals surface area (Å²) < 4.78 is 22.7. The Kier molecular flexibility index (Phi) is 4.44. The maximum atomic E-state index is 11.0. The van der Waals surface area contributed by atoms with Gasteiger partial charge in [-0.15, -0.1) is 0 Å². The number of fused-ring (bicyclic) bond motifs is 3. The highest BCUT2D eigenvalue weighted by molar-refractivity contribution is 5.34. The summed E-state index contributed by atoms with van der Waals surface area (Å²) in [5.41, 5.74) is 1.68. The van der Waals surface area contributed by atoms with Crippen molar-refractivity contribution >= 4 is 0 Å². The molecule has 5 heteroatoms. The fraction of sp³-hybridized carbons (Fsp3) is 0.778. The second-order valence-corrected chi connectivity index (χ2v) is 7.22. The Hall–Kier alpha value is -0.720. The first-order chi connectivity index (χ1) is 10.9. The zero-order valence-corrected chi connectivity index (χ0v) is 14.6. The van der Waals surface area contributed by atoms with E-state index in [-0.39, 0.29) is 23.9 Å². The average Bonchev–Trinajstić information content (AvgIpc) is 2.91. The molecular formula is C18H28O5. The Bertz CT molecular complexity index is 516. The monoisotopic (exact) mass is 324 g/mol. The lowest BCUT2D eigenvalue weighted by molar-refractivity contribution is -0.212. The van der Waals surface area contributed by atoms with E-state index in [0.717, 1.165) is 11.1 Å². The summed E-state index contributed by atoms with van der Waals surface area (Å²) in [6.45, 7) is 8.56. The van der Waals surface area contributed by atoms with Gasteiger partial charge in [-0.05, 0) is 17.9 Å². The van der Waals surface area contributed by atoms with Crippen LogP contribution < -0.4 is 0 Å². The topological polar surface area (TPSA) is 57.2 Å². The minimum Gasteiger partial charge on any atom is -0.392 e. The second kappa shape index (κ2) is 5.97. The van der Waals surface area contributed by atoms with E-state index in [4.69, 9.17) is 18.9 Å². The van der Waals surface area contributed by atoms with Crippen molar-refractivity contribution in [3.8, 4) is 0 Å². The van der Waals surface area contributed by atoms with Crippen LogP contribution in [0.5, 0.6) is 0 Å². The van der Waals surface area contributed by atoms with E-state index in [1.165, 1.54) is 0 Å². The predicted octanol–water partition coefficient (Wildman–Crippen LogP) is 2.11. The summed E-state index contributed by atoms with van der Waals surface area (Å²) in [5.74, 6) is 0.210. The van der Waals surface area contributed by atoms with E-state index in [0.29, 0.717) is 6.42 Å². The Labute approximate surface area is 138 Å². The fourth-order valence-electron chi connectivity index (χ4n) is 4.91.